The monoisotopic (exact) mass is 440 g/mol. The van der Waals surface area contributed by atoms with Crippen LogP contribution in [0.4, 0.5) is 10.3 Å². The lowest BCUT2D eigenvalue weighted by Gasteiger charge is -2.27. The Bertz CT molecular complexity index is 1200. The van der Waals surface area contributed by atoms with Crippen LogP contribution in [0.2, 0.25) is 5.02 Å². The molecular formula is C22H18ClFN4O3. The van der Waals surface area contributed by atoms with Crippen LogP contribution in [0.3, 0.4) is 0 Å². The number of primary amides is 1. The van der Waals surface area contributed by atoms with Crippen LogP contribution in [0.15, 0.2) is 42.6 Å². The zero-order chi connectivity index (χ0) is 22.1. The zero-order valence-corrected chi connectivity index (χ0v) is 17.0. The smallest absolute Gasteiger partial charge is 0.336 e. The molecular weight excluding hydrogens is 423 g/mol. The first-order valence-corrected chi connectivity index (χ1v) is 9.94. The van der Waals surface area contributed by atoms with E-state index in [4.69, 9.17) is 17.3 Å². The van der Waals surface area contributed by atoms with Gasteiger partial charge in [0.05, 0.1) is 21.8 Å². The molecule has 1 aliphatic rings. The lowest BCUT2D eigenvalue weighted by molar-refractivity contribution is 0.0691. The second-order valence-corrected chi connectivity index (χ2v) is 7.68. The van der Waals surface area contributed by atoms with Crippen molar-refractivity contribution in [2.75, 3.05) is 5.32 Å². The van der Waals surface area contributed by atoms with Crippen LogP contribution < -0.4 is 11.1 Å². The Balaban J connectivity index is 1.60. The first-order valence-electron chi connectivity index (χ1n) is 9.56. The van der Waals surface area contributed by atoms with Gasteiger partial charge in [0.15, 0.2) is 0 Å². The van der Waals surface area contributed by atoms with Crippen LogP contribution in [-0.2, 0) is 12.8 Å². The van der Waals surface area contributed by atoms with Crippen LogP contribution in [0.5, 0.6) is 0 Å². The Morgan fingerprint density at radius 3 is 2.74 bits per heavy atom. The fourth-order valence-corrected chi connectivity index (χ4v) is 4.03. The maximum Gasteiger partial charge on any atom is 0.336 e. The number of carboxylic acid groups (broad SMARTS) is 1. The summed E-state index contributed by atoms with van der Waals surface area (Å²) in [5.41, 5.74) is 8.21. The second-order valence-electron chi connectivity index (χ2n) is 7.27. The number of aromatic carboxylic acids is 1. The molecule has 0 bridgehead atoms. The summed E-state index contributed by atoms with van der Waals surface area (Å²) >= 11 is 5.87. The van der Waals surface area contributed by atoms with Gasteiger partial charge in [-0.3, -0.25) is 4.79 Å². The van der Waals surface area contributed by atoms with Crippen molar-refractivity contribution in [3.63, 3.8) is 0 Å². The summed E-state index contributed by atoms with van der Waals surface area (Å²) in [5.74, 6) is -2.10. The van der Waals surface area contributed by atoms with E-state index in [0.29, 0.717) is 35.6 Å². The van der Waals surface area contributed by atoms with E-state index < -0.39 is 17.7 Å². The van der Waals surface area contributed by atoms with E-state index in [2.05, 4.69) is 15.3 Å². The number of hydrogen-bond acceptors (Lipinski definition) is 5. The van der Waals surface area contributed by atoms with Crippen molar-refractivity contribution >= 4 is 29.4 Å². The molecule has 4 N–H and O–H groups in total. The highest BCUT2D eigenvalue weighted by Gasteiger charge is 2.27. The van der Waals surface area contributed by atoms with E-state index in [1.165, 1.54) is 18.2 Å². The minimum Gasteiger partial charge on any atom is -0.478 e. The van der Waals surface area contributed by atoms with Crippen molar-refractivity contribution in [3.8, 4) is 11.3 Å². The maximum atomic E-state index is 13.4. The SMILES string of the molecule is NC(=O)c1c(C(=O)O)ccc2c1CC(Nc1nccc(-c3ccc(F)c(Cl)c3)n1)CC2. The number of carbonyl (C=O) groups is 2. The molecule has 2 aromatic carbocycles. The van der Waals surface area contributed by atoms with Crippen LogP contribution in [-0.4, -0.2) is 33.0 Å². The van der Waals surface area contributed by atoms with E-state index in [1.807, 2.05) is 0 Å². The molecule has 1 amide bonds. The number of nitrogens with one attached hydrogen (secondary N) is 1. The van der Waals surface area contributed by atoms with Crippen molar-refractivity contribution in [3.05, 3.63) is 75.7 Å². The third-order valence-electron chi connectivity index (χ3n) is 5.30. The summed E-state index contributed by atoms with van der Waals surface area (Å²) in [5, 5.41) is 12.7. The predicted octanol–water partition coefficient (Wildman–Crippen LogP) is 3.70. The molecule has 0 saturated heterocycles. The van der Waals surface area contributed by atoms with E-state index in [0.717, 1.165) is 12.0 Å². The number of nitrogens with zero attached hydrogens (tertiary/aromatic N) is 2. The van der Waals surface area contributed by atoms with Gasteiger partial charge in [0.1, 0.15) is 5.82 Å². The van der Waals surface area contributed by atoms with Gasteiger partial charge in [0.25, 0.3) is 0 Å². The average molecular weight is 441 g/mol. The average Bonchev–Trinajstić information content (AvgIpc) is 2.74. The molecule has 9 heteroatoms. The first kappa shape index (κ1) is 20.7. The van der Waals surface area contributed by atoms with Crippen LogP contribution >= 0.6 is 11.6 Å². The summed E-state index contributed by atoms with van der Waals surface area (Å²) in [6.07, 6.45) is 3.38. The maximum absolute atomic E-state index is 13.4. The van der Waals surface area contributed by atoms with E-state index in [1.54, 1.807) is 24.4 Å². The molecule has 0 spiro atoms. The van der Waals surface area contributed by atoms with Crippen molar-refractivity contribution in [2.24, 2.45) is 5.73 Å². The Kier molecular flexibility index (Phi) is 5.56. The normalized spacial score (nSPS) is 15.2. The van der Waals surface area contributed by atoms with Crippen molar-refractivity contribution < 1.29 is 19.1 Å². The fourth-order valence-electron chi connectivity index (χ4n) is 3.85. The molecule has 0 aliphatic heterocycles. The van der Waals surface area contributed by atoms with Crippen LogP contribution in [0.1, 0.15) is 38.3 Å². The molecule has 1 heterocycles. The van der Waals surface area contributed by atoms with Crippen molar-refractivity contribution in [1.82, 2.24) is 9.97 Å². The Morgan fingerprint density at radius 1 is 1.23 bits per heavy atom. The summed E-state index contributed by atoms with van der Waals surface area (Å²) in [6.45, 7) is 0. The number of carboxylic acids is 1. The number of amides is 1. The number of aryl methyl sites for hydroxylation is 1. The summed E-state index contributed by atoms with van der Waals surface area (Å²) < 4.78 is 13.4. The largest absolute Gasteiger partial charge is 0.478 e. The number of hydrogen-bond donors (Lipinski definition) is 3. The number of anilines is 1. The fraction of sp³-hybridized carbons (Fsp3) is 0.182. The summed E-state index contributed by atoms with van der Waals surface area (Å²) in [4.78, 5) is 32.2. The van der Waals surface area contributed by atoms with Crippen LogP contribution in [0.25, 0.3) is 11.3 Å². The molecule has 3 aromatic rings. The molecule has 0 saturated carbocycles. The van der Waals surface area contributed by atoms with Gasteiger partial charge in [-0.1, -0.05) is 17.7 Å². The van der Waals surface area contributed by atoms with Gasteiger partial charge in [-0.2, -0.15) is 0 Å². The number of rotatable bonds is 5. The third-order valence-corrected chi connectivity index (χ3v) is 5.59. The second kappa shape index (κ2) is 8.31. The minimum absolute atomic E-state index is 0.00252. The molecule has 158 valence electrons. The van der Waals surface area contributed by atoms with E-state index in [9.17, 15) is 19.1 Å². The van der Waals surface area contributed by atoms with Gasteiger partial charge in [0, 0.05) is 17.8 Å². The molecule has 0 fully saturated rings. The highest BCUT2D eigenvalue weighted by atomic mass is 35.5. The summed E-state index contributed by atoms with van der Waals surface area (Å²) in [7, 11) is 0. The van der Waals surface area contributed by atoms with E-state index in [-0.39, 0.29) is 22.2 Å². The van der Waals surface area contributed by atoms with Gasteiger partial charge in [0.2, 0.25) is 11.9 Å². The standard InChI is InChI=1S/C22H18ClFN4O3/c23-16-9-12(3-6-17(16)24)18-7-8-26-22(28-18)27-13-4-1-11-2-5-14(21(30)31)19(20(25)29)15(11)10-13/h2-3,5-9,13H,1,4,10H2,(H2,25,29)(H,30,31)(H,26,27,28). The Morgan fingerprint density at radius 2 is 2.03 bits per heavy atom. The molecule has 7 nitrogen and oxygen atoms in total. The Labute approximate surface area is 182 Å². The lowest BCUT2D eigenvalue weighted by atomic mass is 9.83. The number of aromatic nitrogens is 2. The van der Waals surface area contributed by atoms with Crippen molar-refractivity contribution in [2.45, 2.75) is 25.3 Å². The zero-order valence-electron chi connectivity index (χ0n) is 16.2. The number of halogens is 2. The number of carbonyl (C=O) groups excluding carboxylic acids is 1. The first-order chi connectivity index (χ1) is 14.8. The van der Waals surface area contributed by atoms with Gasteiger partial charge in [-0.15, -0.1) is 0 Å². The van der Waals surface area contributed by atoms with Crippen LogP contribution in [0, 0.1) is 5.82 Å². The van der Waals surface area contributed by atoms with Gasteiger partial charge in [-0.25, -0.2) is 19.2 Å². The number of nitrogens with two attached hydrogens (primary N) is 1. The van der Waals surface area contributed by atoms with Gasteiger partial charge in [-0.05, 0) is 60.7 Å². The summed E-state index contributed by atoms with van der Waals surface area (Å²) in [6, 6.07) is 9.07. The number of benzene rings is 2. The van der Waals surface area contributed by atoms with Gasteiger partial charge < -0.3 is 16.2 Å². The molecule has 1 aromatic heterocycles. The molecule has 1 unspecified atom stereocenters. The highest BCUT2D eigenvalue weighted by molar-refractivity contribution is 6.31. The highest BCUT2D eigenvalue weighted by Crippen LogP contribution is 2.29. The van der Waals surface area contributed by atoms with Crippen molar-refractivity contribution in [1.29, 1.82) is 0 Å². The quantitative estimate of drug-likeness (QED) is 0.556. The minimum atomic E-state index is -1.19. The molecule has 1 atom stereocenters. The van der Waals surface area contributed by atoms with E-state index >= 15 is 0 Å². The third kappa shape index (κ3) is 4.20. The van der Waals surface area contributed by atoms with Gasteiger partial charge >= 0.3 is 5.97 Å². The molecule has 0 radical (unpaired) electrons. The lowest BCUT2D eigenvalue weighted by Crippen LogP contribution is -2.31. The predicted molar refractivity (Wildman–Crippen MR) is 114 cm³/mol. The topological polar surface area (TPSA) is 118 Å². The number of fused-ring (bicyclic) bond motifs is 1. The molecule has 31 heavy (non-hydrogen) atoms. The molecule has 4 rings (SSSR count). The molecule has 1 aliphatic carbocycles. The Hall–Kier alpha value is -3.52.